The van der Waals surface area contributed by atoms with E-state index in [1.807, 2.05) is 18.2 Å². The van der Waals surface area contributed by atoms with Gasteiger partial charge in [-0.1, -0.05) is 0 Å². The number of benzene rings is 2. The molecule has 0 fully saturated rings. The van der Waals surface area contributed by atoms with Crippen LogP contribution < -0.4 is 0 Å². The van der Waals surface area contributed by atoms with Gasteiger partial charge in [0.25, 0.3) is 0 Å². The van der Waals surface area contributed by atoms with Crippen LogP contribution in [0, 0.1) is 0 Å². The molecule has 0 saturated heterocycles. The van der Waals surface area contributed by atoms with Crippen molar-refractivity contribution in [2.24, 2.45) is 0 Å². The zero-order valence-corrected chi connectivity index (χ0v) is 10.1. The molecule has 90 valence electrons. The number of hydrogen-bond acceptors (Lipinski definition) is 4. The van der Waals surface area contributed by atoms with Gasteiger partial charge in [0.1, 0.15) is 17.2 Å². The molecule has 4 heteroatoms. The summed E-state index contributed by atoms with van der Waals surface area (Å²) in [4.78, 5) is 0.978. The summed E-state index contributed by atoms with van der Waals surface area (Å²) in [6.45, 7) is 0. The first-order valence-corrected chi connectivity index (χ1v) is 6.20. The number of hydrogen-bond donors (Lipinski definition) is 3. The van der Waals surface area contributed by atoms with Crippen LogP contribution in [0.3, 0.4) is 0 Å². The second-order valence-electron chi connectivity index (χ2n) is 4.03. The topological polar surface area (TPSA) is 60.7 Å². The maximum absolute atomic E-state index is 9.76. The monoisotopic (exact) mass is 258 g/mol. The second kappa shape index (κ2) is 3.92. The molecule has 3 aromatic rings. The van der Waals surface area contributed by atoms with Crippen LogP contribution in [0.15, 0.2) is 42.5 Å². The molecular weight excluding hydrogens is 248 g/mol. The molecule has 1 heterocycles. The largest absolute Gasteiger partial charge is 0.508 e. The van der Waals surface area contributed by atoms with Crippen LogP contribution in [0.1, 0.15) is 0 Å². The number of thiophene rings is 1. The molecule has 3 rings (SSSR count). The number of rotatable bonds is 1. The third kappa shape index (κ3) is 1.76. The van der Waals surface area contributed by atoms with Crippen molar-refractivity contribution in [3.63, 3.8) is 0 Å². The van der Waals surface area contributed by atoms with Crippen molar-refractivity contribution in [2.75, 3.05) is 0 Å². The Morgan fingerprint density at radius 3 is 2.22 bits per heavy atom. The fraction of sp³-hybridized carbons (Fsp3) is 0. The van der Waals surface area contributed by atoms with Gasteiger partial charge in [-0.3, -0.25) is 0 Å². The van der Waals surface area contributed by atoms with E-state index >= 15 is 0 Å². The van der Waals surface area contributed by atoms with Crippen LogP contribution in [-0.2, 0) is 0 Å². The summed E-state index contributed by atoms with van der Waals surface area (Å²) in [5, 5.41) is 29.2. The first kappa shape index (κ1) is 10.9. The summed E-state index contributed by atoms with van der Waals surface area (Å²) < 4.78 is 0.829. The van der Waals surface area contributed by atoms with Gasteiger partial charge in [-0.05, 0) is 42.0 Å². The molecule has 0 bridgehead atoms. The zero-order valence-electron chi connectivity index (χ0n) is 9.29. The van der Waals surface area contributed by atoms with Gasteiger partial charge in [0, 0.05) is 21.0 Å². The highest BCUT2D eigenvalue weighted by Gasteiger charge is 2.09. The van der Waals surface area contributed by atoms with E-state index in [1.165, 1.54) is 17.4 Å². The van der Waals surface area contributed by atoms with Crippen LogP contribution in [-0.4, -0.2) is 15.3 Å². The first-order valence-electron chi connectivity index (χ1n) is 5.38. The number of fused-ring (bicyclic) bond motifs is 1. The molecule has 3 nitrogen and oxygen atoms in total. The van der Waals surface area contributed by atoms with Gasteiger partial charge in [-0.2, -0.15) is 0 Å². The Bertz CT molecular complexity index is 714. The van der Waals surface area contributed by atoms with Crippen molar-refractivity contribution in [1.29, 1.82) is 0 Å². The van der Waals surface area contributed by atoms with E-state index in [0.717, 1.165) is 20.5 Å². The highest BCUT2D eigenvalue weighted by Crippen LogP contribution is 2.40. The average Bonchev–Trinajstić information content (AvgIpc) is 2.74. The molecule has 0 amide bonds. The first-order chi connectivity index (χ1) is 8.63. The minimum Gasteiger partial charge on any atom is -0.508 e. The third-order valence-corrected chi connectivity index (χ3v) is 3.88. The fourth-order valence-corrected chi connectivity index (χ4v) is 3.00. The Morgan fingerprint density at radius 2 is 1.50 bits per heavy atom. The van der Waals surface area contributed by atoms with Crippen LogP contribution >= 0.6 is 11.3 Å². The van der Waals surface area contributed by atoms with Gasteiger partial charge in [0.15, 0.2) is 0 Å². The van der Waals surface area contributed by atoms with Crippen LogP contribution in [0.4, 0.5) is 0 Å². The maximum atomic E-state index is 9.76. The smallest absolute Gasteiger partial charge is 0.127 e. The van der Waals surface area contributed by atoms with E-state index in [9.17, 15) is 15.3 Å². The molecule has 0 saturated carbocycles. The lowest BCUT2D eigenvalue weighted by atomic mass is 10.1. The van der Waals surface area contributed by atoms with Gasteiger partial charge in [-0.15, -0.1) is 11.3 Å². The van der Waals surface area contributed by atoms with Gasteiger partial charge >= 0.3 is 0 Å². The van der Waals surface area contributed by atoms with Crippen molar-refractivity contribution in [3.05, 3.63) is 42.5 Å². The number of aromatic hydroxyl groups is 3. The molecule has 3 N–H and O–H groups in total. The molecule has 0 spiro atoms. The second-order valence-corrected chi connectivity index (χ2v) is 5.12. The lowest BCUT2D eigenvalue weighted by Gasteiger charge is -1.96. The Kier molecular flexibility index (Phi) is 2.38. The van der Waals surface area contributed by atoms with Crippen LogP contribution in [0.5, 0.6) is 17.2 Å². The van der Waals surface area contributed by atoms with E-state index in [1.54, 1.807) is 18.2 Å². The molecule has 0 atom stereocenters. The molecule has 0 unspecified atom stereocenters. The van der Waals surface area contributed by atoms with Crippen LogP contribution in [0.25, 0.3) is 20.5 Å². The van der Waals surface area contributed by atoms with E-state index in [0.29, 0.717) is 0 Å². The summed E-state index contributed by atoms with van der Waals surface area (Å²) in [7, 11) is 0. The normalized spacial score (nSPS) is 10.9. The molecule has 2 aromatic carbocycles. The molecule has 0 aliphatic rings. The maximum Gasteiger partial charge on any atom is 0.127 e. The average molecular weight is 258 g/mol. The van der Waals surface area contributed by atoms with Crippen molar-refractivity contribution < 1.29 is 15.3 Å². The molecule has 1 aromatic heterocycles. The zero-order chi connectivity index (χ0) is 12.7. The van der Waals surface area contributed by atoms with Crippen molar-refractivity contribution >= 4 is 21.4 Å². The Labute approximate surface area is 107 Å². The molecular formula is C14H10O3S. The lowest BCUT2D eigenvalue weighted by Crippen LogP contribution is -1.70. The molecule has 18 heavy (non-hydrogen) atoms. The number of phenols is 3. The Morgan fingerprint density at radius 1 is 0.778 bits per heavy atom. The summed E-state index contributed by atoms with van der Waals surface area (Å²) in [5.41, 5.74) is 0.966. The van der Waals surface area contributed by atoms with Gasteiger partial charge in [0.2, 0.25) is 0 Å². The van der Waals surface area contributed by atoms with E-state index in [-0.39, 0.29) is 17.2 Å². The van der Waals surface area contributed by atoms with Crippen LogP contribution in [0.2, 0.25) is 0 Å². The van der Waals surface area contributed by atoms with Crippen molar-refractivity contribution in [3.8, 4) is 27.7 Å². The van der Waals surface area contributed by atoms with E-state index < -0.39 is 0 Å². The summed E-state index contributed by atoms with van der Waals surface area (Å²) >= 11 is 1.48. The summed E-state index contributed by atoms with van der Waals surface area (Å²) in [6.07, 6.45) is 0. The highest BCUT2D eigenvalue weighted by atomic mass is 32.1. The highest BCUT2D eigenvalue weighted by molar-refractivity contribution is 7.22. The van der Waals surface area contributed by atoms with E-state index in [2.05, 4.69) is 0 Å². The van der Waals surface area contributed by atoms with Gasteiger partial charge in [-0.25, -0.2) is 0 Å². The third-order valence-electron chi connectivity index (χ3n) is 2.75. The molecule has 0 radical (unpaired) electrons. The minimum atomic E-state index is 0.0547. The summed E-state index contributed by atoms with van der Waals surface area (Å²) in [5.74, 6) is 0.353. The minimum absolute atomic E-state index is 0.0547. The quantitative estimate of drug-likeness (QED) is 0.624. The predicted molar refractivity (Wildman–Crippen MR) is 72.3 cm³/mol. The number of phenolic OH excluding ortho intramolecular Hbond substituents is 3. The Hall–Kier alpha value is -2.20. The lowest BCUT2D eigenvalue weighted by molar-refractivity contribution is 0.455. The Balaban J connectivity index is 2.19. The van der Waals surface area contributed by atoms with Crippen molar-refractivity contribution in [1.82, 2.24) is 0 Å². The standard InChI is InChI=1S/C14H10O3S/c15-9-3-1-8(2-4-9)13-7-11-12(17)5-10(16)6-14(11)18-13/h1-7,15-17H. The van der Waals surface area contributed by atoms with Crippen molar-refractivity contribution in [2.45, 2.75) is 0 Å². The van der Waals surface area contributed by atoms with E-state index in [4.69, 9.17) is 0 Å². The summed E-state index contributed by atoms with van der Waals surface area (Å²) in [6, 6.07) is 11.7. The predicted octanol–water partition coefficient (Wildman–Crippen LogP) is 3.69. The van der Waals surface area contributed by atoms with Gasteiger partial charge in [0.05, 0.1) is 0 Å². The fourth-order valence-electron chi connectivity index (χ4n) is 1.87. The van der Waals surface area contributed by atoms with Gasteiger partial charge < -0.3 is 15.3 Å². The molecule has 0 aliphatic carbocycles. The molecule has 0 aliphatic heterocycles. The SMILES string of the molecule is Oc1ccc(-c2cc3c(O)cc(O)cc3s2)cc1.